The highest BCUT2D eigenvalue weighted by molar-refractivity contribution is 5.80. The van der Waals surface area contributed by atoms with Crippen LogP contribution < -0.4 is 11.4 Å². The van der Waals surface area contributed by atoms with E-state index in [1.165, 1.54) is 52.1 Å². The molecule has 4 rings (SSSR count). The van der Waals surface area contributed by atoms with Gasteiger partial charge < -0.3 is 24.5 Å². The van der Waals surface area contributed by atoms with Gasteiger partial charge in [-0.3, -0.25) is 4.79 Å². The molecule has 32 heavy (non-hydrogen) atoms. The van der Waals surface area contributed by atoms with E-state index in [4.69, 9.17) is 10.5 Å². The van der Waals surface area contributed by atoms with E-state index < -0.39 is 12.0 Å². The van der Waals surface area contributed by atoms with Gasteiger partial charge in [0.1, 0.15) is 6.54 Å². The van der Waals surface area contributed by atoms with Crippen molar-refractivity contribution in [1.82, 2.24) is 14.0 Å². The van der Waals surface area contributed by atoms with Gasteiger partial charge in [0.05, 0.1) is 18.1 Å². The molecule has 0 unspecified atom stereocenters. The van der Waals surface area contributed by atoms with Gasteiger partial charge in [0.15, 0.2) is 0 Å². The first kappa shape index (κ1) is 22.6. The molecule has 2 fully saturated rings. The Kier molecular flexibility index (Phi) is 7.29. The summed E-state index contributed by atoms with van der Waals surface area (Å²) in [6, 6.07) is 8.74. The molecule has 8 heteroatoms. The van der Waals surface area contributed by atoms with Crippen LogP contribution in [-0.2, 0) is 16.1 Å². The van der Waals surface area contributed by atoms with Gasteiger partial charge in [-0.25, -0.2) is 4.79 Å². The lowest BCUT2D eigenvalue weighted by atomic mass is 9.93. The van der Waals surface area contributed by atoms with Crippen molar-refractivity contribution >= 4 is 23.0 Å². The molecule has 0 bridgehead atoms. The SMILES string of the molecule is COC(=O)N=c1n(CC(N)=O)c2ccccc2n1C1CCN(C2CCCCCCC2)CC1. The van der Waals surface area contributed by atoms with Crippen molar-refractivity contribution in [3.05, 3.63) is 29.9 Å². The van der Waals surface area contributed by atoms with Crippen LogP contribution in [-0.4, -0.2) is 52.3 Å². The molecule has 1 saturated carbocycles. The molecule has 0 atom stereocenters. The topological polar surface area (TPSA) is 94.9 Å². The van der Waals surface area contributed by atoms with Crippen LogP contribution in [0.15, 0.2) is 29.3 Å². The summed E-state index contributed by atoms with van der Waals surface area (Å²) in [6.07, 6.45) is 10.7. The van der Waals surface area contributed by atoms with E-state index in [-0.39, 0.29) is 12.6 Å². The number of para-hydroxylation sites is 2. The van der Waals surface area contributed by atoms with Gasteiger partial charge in [0, 0.05) is 25.2 Å². The average molecular weight is 442 g/mol. The first-order valence-corrected chi connectivity index (χ1v) is 11.9. The van der Waals surface area contributed by atoms with Crippen molar-refractivity contribution in [2.45, 2.75) is 76.4 Å². The number of piperidine rings is 1. The molecule has 1 aromatic carbocycles. The van der Waals surface area contributed by atoms with Gasteiger partial charge in [-0.15, -0.1) is 4.99 Å². The Bertz CT molecular complexity index is 1010. The van der Waals surface area contributed by atoms with Crippen molar-refractivity contribution < 1.29 is 14.3 Å². The number of amides is 2. The number of likely N-dealkylation sites (tertiary alicyclic amines) is 1. The quantitative estimate of drug-likeness (QED) is 0.787. The Morgan fingerprint density at radius 1 is 0.969 bits per heavy atom. The largest absolute Gasteiger partial charge is 0.451 e. The smallest absolute Gasteiger partial charge is 0.436 e. The second-order valence-corrected chi connectivity index (χ2v) is 9.06. The Labute approximate surface area is 189 Å². The highest BCUT2D eigenvalue weighted by Crippen LogP contribution is 2.30. The maximum atomic E-state index is 12.1. The molecule has 2 N–H and O–H groups in total. The van der Waals surface area contributed by atoms with Gasteiger partial charge in [-0.05, 0) is 37.8 Å². The van der Waals surface area contributed by atoms with E-state index in [0.717, 1.165) is 37.0 Å². The summed E-state index contributed by atoms with van der Waals surface area (Å²) in [6.45, 7) is 2.04. The number of carbonyl (C=O) groups excluding carboxylic acids is 2. The predicted octanol–water partition coefficient (Wildman–Crippen LogP) is 3.35. The molecule has 0 spiro atoms. The standard InChI is InChI=1S/C24H35N5O3/c1-32-24(31)26-23-28(17-22(25)30)20-11-7-8-12-21(20)29(23)19-13-15-27(16-14-19)18-9-5-3-2-4-6-10-18/h7-8,11-12,18-19H,2-6,9-10,13-17H2,1H3,(H2,25,30). The molecular formula is C24H35N5O3. The number of aromatic nitrogens is 2. The summed E-state index contributed by atoms with van der Waals surface area (Å²) in [5.74, 6) is -0.474. The number of fused-ring (bicyclic) bond motifs is 1. The Morgan fingerprint density at radius 3 is 2.22 bits per heavy atom. The van der Waals surface area contributed by atoms with Crippen molar-refractivity contribution in [2.24, 2.45) is 10.7 Å². The fraction of sp³-hybridized carbons (Fsp3) is 0.625. The molecule has 8 nitrogen and oxygen atoms in total. The van der Waals surface area contributed by atoms with Gasteiger partial charge >= 0.3 is 6.09 Å². The zero-order valence-electron chi connectivity index (χ0n) is 19.0. The molecule has 1 aliphatic heterocycles. The van der Waals surface area contributed by atoms with E-state index in [0.29, 0.717) is 11.7 Å². The molecule has 2 aliphatic rings. The van der Waals surface area contributed by atoms with Crippen molar-refractivity contribution in [3.63, 3.8) is 0 Å². The van der Waals surface area contributed by atoms with Crippen LogP contribution >= 0.6 is 0 Å². The number of nitrogens with two attached hydrogens (primary N) is 1. The molecule has 1 aliphatic carbocycles. The lowest BCUT2D eigenvalue weighted by Crippen LogP contribution is -2.44. The van der Waals surface area contributed by atoms with E-state index >= 15 is 0 Å². The molecular weight excluding hydrogens is 406 g/mol. The summed E-state index contributed by atoms with van der Waals surface area (Å²) in [7, 11) is 1.31. The monoisotopic (exact) mass is 441 g/mol. The number of rotatable bonds is 4. The number of hydrogen-bond acceptors (Lipinski definition) is 4. The third-order valence-electron chi connectivity index (χ3n) is 7.02. The molecule has 1 aromatic heterocycles. The highest BCUT2D eigenvalue weighted by atomic mass is 16.5. The molecule has 174 valence electrons. The Hall–Kier alpha value is -2.61. The second kappa shape index (κ2) is 10.3. The van der Waals surface area contributed by atoms with Crippen LogP contribution in [0.4, 0.5) is 4.79 Å². The van der Waals surface area contributed by atoms with Crippen LogP contribution in [0.2, 0.25) is 0 Å². The van der Waals surface area contributed by atoms with E-state index in [9.17, 15) is 9.59 Å². The lowest BCUT2D eigenvalue weighted by Gasteiger charge is -2.39. The molecule has 1 saturated heterocycles. The van der Waals surface area contributed by atoms with Gasteiger partial charge in [-0.2, -0.15) is 0 Å². The minimum Gasteiger partial charge on any atom is -0.451 e. The van der Waals surface area contributed by atoms with Crippen LogP contribution in [0, 0.1) is 0 Å². The van der Waals surface area contributed by atoms with Crippen LogP contribution in [0.1, 0.15) is 63.8 Å². The first-order chi connectivity index (χ1) is 15.6. The number of benzene rings is 1. The molecule has 0 radical (unpaired) electrons. The Balaban J connectivity index is 1.65. The fourth-order valence-corrected chi connectivity index (χ4v) is 5.46. The fourth-order valence-electron chi connectivity index (χ4n) is 5.46. The second-order valence-electron chi connectivity index (χ2n) is 9.06. The number of hydrogen-bond donors (Lipinski definition) is 1. The zero-order valence-corrected chi connectivity index (χ0v) is 19.0. The summed E-state index contributed by atoms with van der Waals surface area (Å²) in [4.78, 5) is 30.8. The number of primary amides is 1. The van der Waals surface area contributed by atoms with Crippen molar-refractivity contribution in [1.29, 1.82) is 0 Å². The summed E-state index contributed by atoms with van der Waals surface area (Å²) in [5.41, 5.74) is 7.76. The van der Waals surface area contributed by atoms with E-state index in [1.54, 1.807) is 4.57 Å². The predicted molar refractivity (Wildman–Crippen MR) is 123 cm³/mol. The number of ether oxygens (including phenoxy) is 1. The molecule has 2 heterocycles. The van der Waals surface area contributed by atoms with Crippen LogP contribution in [0.3, 0.4) is 0 Å². The first-order valence-electron chi connectivity index (χ1n) is 11.9. The zero-order chi connectivity index (χ0) is 22.5. The maximum Gasteiger partial charge on any atom is 0.436 e. The van der Waals surface area contributed by atoms with Gasteiger partial charge in [-0.1, -0.05) is 44.2 Å². The summed E-state index contributed by atoms with van der Waals surface area (Å²) < 4.78 is 8.66. The summed E-state index contributed by atoms with van der Waals surface area (Å²) in [5, 5.41) is 0. The van der Waals surface area contributed by atoms with E-state index in [2.05, 4.69) is 14.5 Å². The van der Waals surface area contributed by atoms with Crippen molar-refractivity contribution in [2.75, 3.05) is 20.2 Å². The minimum atomic E-state index is -0.681. The van der Waals surface area contributed by atoms with Crippen LogP contribution in [0.25, 0.3) is 11.0 Å². The van der Waals surface area contributed by atoms with E-state index in [1.807, 2.05) is 24.3 Å². The van der Waals surface area contributed by atoms with Gasteiger partial charge in [0.2, 0.25) is 11.5 Å². The molecule has 2 amide bonds. The van der Waals surface area contributed by atoms with Crippen molar-refractivity contribution in [3.8, 4) is 0 Å². The third kappa shape index (κ3) is 4.90. The number of nitrogens with zero attached hydrogens (tertiary/aromatic N) is 4. The average Bonchev–Trinajstić information content (AvgIpc) is 3.06. The summed E-state index contributed by atoms with van der Waals surface area (Å²) >= 11 is 0. The number of methoxy groups -OCH3 is 1. The number of carbonyl (C=O) groups is 2. The normalized spacial score (nSPS) is 20.2. The van der Waals surface area contributed by atoms with Gasteiger partial charge in [0.25, 0.3) is 0 Å². The maximum absolute atomic E-state index is 12.1. The number of imidazole rings is 1. The Morgan fingerprint density at radius 2 is 1.59 bits per heavy atom. The van der Waals surface area contributed by atoms with Crippen LogP contribution in [0.5, 0.6) is 0 Å². The lowest BCUT2D eigenvalue weighted by molar-refractivity contribution is -0.118. The molecule has 2 aromatic rings. The highest BCUT2D eigenvalue weighted by Gasteiger charge is 2.28. The third-order valence-corrected chi connectivity index (χ3v) is 7.02. The minimum absolute atomic E-state index is 0.0374.